The van der Waals surface area contributed by atoms with Gasteiger partial charge in [0.15, 0.2) is 11.5 Å². The Morgan fingerprint density at radius 2 is 1.70 bits per heavy atom. The Morgan fingerprint density at radius 3 is 2.43 bits per heavy atom. The van der Waals surface area contributed by atoms with Gasteiger partial charge in [-0.3, -0.25) is 0 Å². The molecule has 4 nitrogen and oxygen atoms in total. The molecule has 0 spiro atoms. The van der Waals surface area contributed by atoms with Gasteiger partial charge in [-0.15, -0.1) is 0 Å². The van der Waals surface area contributed by atoms with E-state index in [0.717, 1.165) is 42.7 Å². The first-order valence-corrected chi connectivity index (χ1v) is 11.2. The van der Waals surface area contributed by atoms with Crippen molar-refractivity contribution in [3.8, 4) is 17.2 Å². The van der Waals surface area contributed by atoms with E-state index >= 15 is 0 Å². The first-order chi connectivity index (χ1) is 14.5. The SMILES string of the molecule is COc1ccc(N2CCC(CCC3CC(C)(C)Oc4ccccc43)CC2)cc1OC. The second-order valence-electron chi connectivity index (χ2n) is 9.35. The largest absolute Gasteiger partial charge is 0.493 e. The minimum absolute atomic E-state index is 0.0736. The van der Waals surface area contributed by atoms with E-state index in [2.05, 4.69) is 55.1 Å². The average molecular weight is 410 g/mol. The van der Waals surface area contributed by atoms with Crippen LogP contribution < -0.4 is 19.1 Å². The van der Waals surface area contributed by atoms with E-state index in [9.17, 15) is 0 Å². The van der Waals surface area contributed by atoms with Crippen molar-refractivity contribution in [2.45, 2.75) is 57.5 Å². The number of hydrogen-bond acceptors (Lipinski definition) is 4. The standard InChI is InChI=1S/C26H35NO3/c1-26(2)18-20(22-7-5-6-8-23(22)30-26)10-9-19-13-15-27(16-14-19)21-11-12-24(28-3)25(17-21)29-4/h5-8,11-12,17,19-20H,9-10,13-16,18H2,1-4H3. The maximum atomic E-state index is 6.21. The van der Waals surface area contributed by atoms with Crippen LogP contribution in [0.4, 0.5) is 5.69 Å². The third kappa shape index (κ3) is 4.53. The zero-order chi connectivity index (χ0) is 21.1. The molecule has 30 heavy (non-hydrogen) atoms. The molecule has 2 aromatic rings. The number of piperidine rings is 1. The number of rotatable bonds is 6. The Balaban J connectivity index is 1.34. The molecule has 2 aliphatic rings. The van der Waals surface area contributed by atoms with Gasteiger partial charge < -0.3 is 19.1 Å². The lowest BCUT2D eigenvalue weighted by Crippen LogP contribution is -2.36. The summed E-state index contributed by atoms with van der Waals surface area (Å²) < 4.78 is 17.1. The molecule has 1 saturated heterocycles. The van der Waals surface area contributed by atoms with Gasteiger partial charge in [0.2, 0.25) is 0 Å². The Morgan fingerprint density at radius 1 is 0.967 bits per heavy atom. The van der Waals surface area contributed by atoms with Gasteiger partial charge in [-0.1, -0.05) is 18.2 Å². The predicted molar refractivity (Wildman–Crippen MR) is 122 cm³/mol. The summed E-state index contributed by atoms with van der Waals surface area (Å²) in [6.07, 6.45) is 6.17. The van der Waals surface area contributed by atoms with E-state index in [4.69, 9.17) is 14.2 Å². The van der Waals surface area contributed by atoms with Gasteiger partial charge in [-0.05, 0) is 81.5 Å². The second kappa shape index (κ2) is 8.79. The van der Waals surface area contributed by atoms with E-state index < -0.39 is 0 Å². The van der Waals surface area contributed by atoms with Crippen molar-refractivity contribution in [3.63, 3.8) is 0 Å². The molecule has 0 aliphatic carbocycles. The number of methoxy groups -OCH3 is 2. The van der Waals surface area contributed by atoms with Gasteiger partial charge in [-0.2, -0.15) is 0 Å². The molecular weight excluding hydrogens is 374 g/mol. The molecule has 4 rings (SSSR count). The van der Waals surface area contributed by atoms with Gasteiger partial charge in [0.25, 0.3) is 0 Å². The van der Waals surface area contributed by atoms with Crippen molar-refractivity contribution >= 4 is 5.69 Å². The van der Waals surface area contributed by atoms with Gasteiger partial charge in [0, 0.05) is 24.8 Å². The highest BCUT2D eigenvalue weighted by Gasteiger charge is 2.33. The number of fused-ring (bicyclic) bond motifs is 1. The van der Waals surface area contributed by atoms with E-state index in [1.807, 2.05) is 6.07 Å². The molecule has 4 heteroatoms. The highest BCUT2D eigenvalue weighted by atomic mass is 16.5. The minimum Gasteiger partial charge on any atom is -0.493 e. The molecule has 0 radical (unpaired) electrons. The number of hydrogen-bond donors (Lipinski definition) is 0. The zero-order valence-electron chi connectivity index (χ0n) is 18.8. The molecule has 0 aromatic heterocycles. The first-order valence-electron chi connectivity index (χ1n) is 11.2. The van der Waals surface area contributed by atoms with Crippen LogP contribution in [0.2, 0.25) is 0 Å². The molecule has 2 aromatic carbocycles. The fraction of sp³-hybridized carbons (Fsp3) is 0.538. The van der Waals surface area contributed by atoms with Crippen LogP contribution in [-0.2, 0) is 0 Å². The Bertz CT molecular complexity index is 855. The maximum absolute atomic E-state index is 6.21. The summed E-state index contributed by atoms with van der Waals surface area (Å²) in [7, 11) is 3.38. The quantitative estimate of drug-likeness (QED) is 0.581. The third-order valence-corrected chi connectivity index (χ3v) is 6.75. The third-order valence-electron chi connectivity index (χ3n) is 6.75. The van der Waals surface area contributed by atoms with Crippen LogP contribution in [0.5, 0.6) is 17.2 Å². The monoisotopic (exact) mass is 409 g/mol. The van der Waals surface area contributed by atoms with Crippen molar-refractivity contribution in [2.75, 3.05) is 32.2 Å². The summed E-state index contributed by atoms with van der Waals surface area (Å²) in [4.78, 5) is 2.48. The molecule has 162 valence electrons. The Hall–Kier alpha value is -2.36. The Labute approximate surface area is 181 Å². The molecule has 2 aliphatic heterocycles. The molecule has 0 saturated carbocycles. The minimum atomic E-state index is -0.0736. The molecule has 0 amide bonds. The first kappa shape index (κ1) is 20.9. The van der Waals surface area contributed by atoms with E-state index in [1.54, 1.807) is 14.2 Å². The van der Waals surface area contributed by atoms with Gasteiger partial charge in [-0.25, -0.2) is 0 Å². The van der Waals surface area contributed by atoms with Gasteiger partial charge in [0.1, 0.15) is 11.4 Å². The molecular formula is C26H35NO3. The number of ether oxygens (including phenoxy) is 3. The molecule has 1 unspecified atom stereocenters. The van der Waals surface area contributed by atoms with Crippen LogP contribution in [-0.4, -0.2) is 32.9 Å². The average Bonchev–Trinajstić information content (AvgIpc) is 2.76. The van der Waals surface area contributed by atoms with Crippen LogP contribution in [0, 0.1) is 5.92 Å². The second-order valence-corrected chi connectivity index (χ2v) is 9.35. The van der Waals surface area contributed by atoms with Crippen LogP contribution in [0.3, 0.4) is 0 Å². The maximum Gasteiger partial charge on any atom is 0.162 e. The lowest BCUT2D eigenvalue weighted by Gasteiger charge is -2.39. The fourth-order valence-corrected chi connectivity index (χ4v) is 5.15. The normalized spacial score (nSPS) is 20.9. The number of para-hydroxylation sites is 1. The van der Waals surface area contributed by atoms with Crippen LogP contribution in [0.25, 0.3) is 0 Å². The summed E-state index contributed by atoms with van der Waals surface area (Å²) in [6, 6.07) is 14.9. The fourth-order valence-electron chi connectivity index (χ4n) is 5.15. The topological polar surface area (TPSA) is 30.9 Å². The van der Waals surface area contributed by atoms with Crippen LogP contribution >= 0.6 is 0 Å². The number of benzene rings is 2. The highest BCUT2D eigenvalue weighted by molar-refractivity contribution is 5.56. The van der Waals surface area contributed by atoms with Crippen molar-refractivity contribution in [2.24, 2.45) is 5.92 Å². The predicted octanol–water partition coefficient (Wildman–Crippen LogP) is 6.05. The molecule has 1 fully saturated rings. The van der Waals surface area contributed by atoms with Crippen LogP contribution in [0.15, 0.2) is 42.5 Å². The van der Waals surface area contributed by atoms with Crippen molar-refractivity contribution in [3.05, 3.63) is 48.0 Å². The van der Waals surface area contributed by atoms with Crippen LogP contribution in [0.1, 0.15) is 57.4 Å². The molecule has 0 N–H and O–H groups in total. The lowest BCUT2D eigenvalue weighted by atomic mass is 9.79. The van der Waals surface area contributed by atoms with Crippen molar-refractivity contribution < 1.29 is 14.2 Å². The number of nitrogens with zero attached hydrogens (tertiary/aromatic N) is 1. The van der Waals surface area contributed by atoms with Gasteiger partial charge >= 0.3 is 0 Å². The highest BCUT2D eigenvalue weighted by Crippen LogP contribution is 2.44. The summed E-state index contributed by atoms with van der Waals surface area (Å²) in [5, 5.41) is 0. The summed E-state index contributed by atoms with van der Waals surface area (Å²) >= 11 is 0. The van der Waals surface area contributed by atoms with E-state index in [0.29, 0.717) is 5.92 Å². The summed E-state index contributed by atoms with van der Waals surface area (Å²) in [5.74, 6) is 4.09. The molecule has 1 atom stereocenters. The zero-order valence-corrected chi connectivity index (χ0v) is 18.8. The molecule has 2 heterocycles. The van der Waals surface area contributed by atoms with Gasteiger partial charge in [0.05, 0.1) is 14.2 Å². The Kier molecular flexibility index (Phi) is 6.12. The summed E-state index contributed by atoms with van der Waals surface area (Å²) in [5.41, 5.74) is 2.56. The summed E-state index contributed by atoms with van der Waals surface area (Å²) in [6.45, 7) is 6.65. The lowest BCUT2D eigenvalue weighted by molar-refractivity contribution is 0.0690. The smallest absolute Gasteiger partial charge is 0.162 e. The van der Waals surface area contributed by atoms with E-state index in [-0.39, 0.29) is 5.60 Å². The van der Waals surface area contributed by atoms with E-state index in [1.165, 1.54) is 36.9 Å². The van der Waals surface area contributed by atoms with Crippen molar-refractivity contribution in [1.29, 1.82) is 0 Å². The molecule has 0 bridgehead atoms. The van der Waals surface area contributed by atoms with Crippen molar-refractivity contribution in [1.82, 2.24) is 0 Å². The number of anilines is 1.